The third kappa shape index (κ3) is 3.38. The first-order valence-electron chi connectivity index (χ1n) is 8.22. The number of methoxy groups -OCH3 is 1. The lowest BCUT2D eigenvalue weighted by Gasteiger charge is -2.55. The van der Waals surface area contributed by atoms with Gasteiger partial charge in [-0.25, -0.2) is 4.79 Å². The van der Waals surface area contributed by atoms with Crippen molar-refractivity contribution in [1.82, 2.24) is 10.2 Å². The van der Waals surface area contributed by atoms with Crippen molar-refractivity contribution in [3.8, 4) is 0 Å². The lowest BCUT2D eigenvalue weighted by Crippen LogP contribution is -2.80. The Morgan fingerprint density at radius 1 is 1.46 bits per heavy atom. The molecule has 3 heterocycles. The molecule has 1 aromatic heterocycles. The van der Waals surface area contributed by atoms with Crippen LogP contribution in [0.4, 0.5) is 0 Å². The van der Waals surface area contributed by atoms with Gasteiger partial charge in [-0.05, 0) is 12.1 Å². The highest BCUT2D eigenvalue weighted by molar-refractivity contribution is 8.00. The Labute approximate surface area is 163 Å². The zero-order valence-corrected chi connectivity index (χ0v) is 15.9. The van der Waals surface area contributed by atoms with E-state index in [9.17, 15) is 24.3 Å². The number of esters is 1. The number of carboxylic acids is 1. The second-order valence-corrected chi connectivity index (χ2v) is 7.19. The summed E-state index contributed by atoms with van der Waals surface area (Å²) in [5.74, 6) is -2.49. The topological polar surface area (TPSA) is 135 Å². The predicted octanol–water partition coefficient (Wildman–Crippen LogP) is 0.0979. The third-order valence-corrected chi connectivity index (χ3v) is 5.70. The van der Waals surface area contributed by atoms with Crippen LogP contribution < -0.4 is 5.32 Å². The smallest absolute Gasteiger partial charge is 0.352 e. The molecule has 2 N–H and O–H groups in total. The van der Waals surface area contributed by atoms with E-state index in [-0.39, 0.29) is 24.5 Å². The number of carbonyl (C=O) groups excluding carboxylic acids is 3. The summed E-state index contributed by atoms with van der Waals surface area (Å²) in [5, 5.41) is 11.4. The second-order valence-electron chi connectivity index (χ2n) is 6.12. The summed E-state index contributed by atoms with van der Waals surface area (Å²) < 4.78 is 15.3. The maximum absolute atomic E-state index is 12.8. The van der Waals surface area contributed by atoms with Gasteiger partial charge in [0.25, 0.3) is 11.6 Å². The minimum atomic E-state index is -1.68. The molecule has 0 unspecified atom stereocenters. The first-order chi connectivity index (χ1) is 13.3. The van der Waals surface area contributed by atoms with Crippen LogP contribution in [0.25, 0.3) is 0 Å². The van der Waals surface area contributed by atoms with Crippen LogP contribution in [0.15, 0.2) is 34.1 Å². The van der Waals surface area contributed by atoms with Gasteiger partial charge in [-0.1, -0.05) is 0 Å². The van der Waals surface area contributed by atoms with E-state index < -0.39 is 34.9 Å². The first-order valence-corrected chi connectivity index (χ1v) is 9.27. The summed E-state index contributed by atoms with van der Waals surface area (Å²) in [6, 6.07) is 3.26. The number of hydrogen-bond acceptors (Lipinski definition) is 8. The van der Waals surface area contributed by atoms with Crippen molar-refractivity contribution in [1.29, 1.82) is 0 Å². The molecule has 0 radical (unpaired) electrons. The summed E-state index contributed by atoms with van der Waals surface area (Å²) in [4.78, 5) is 49.0. The van der Waals surface area contributed by atoms with Crippen molar-refractivity contribution in [2.24, 2.45) is 0 Å². The SMILES string of the molecule is CO[C@]1(NC(=O)Cc2ccco2)C(=O)N2C(C(=O)O)=C(COC(C)=O)CS[C@@H]21. The van der Waals surface area contributed by atoms with Gasteiger partial charge in [0, 0.05) is 25.4 Å². The number of furan rings is 1. The van der Waals surface area contributed by atoms with Gasteiger partial charge < -0.3 is 24.3 Å². The van der Waals surface area contributed by atoms with Gasteiger partial charge in [0.15, 0.2) is 0 Å². The summed E-state index contributed by atoms with van der Waals surface area (Å²) in [6.45, 7) is 0.977. The number of nitrogens with zero attached hydrogens (tertiary/aromatic N) is 1. The molecule has 2 amide bonds. The zero-order chi connectivity index (χ0) is 20.5. The Hall–Kier alpha value is -2.79. The van der Waals surface area contributed by atoms with Crippen molar-refractivity contribution in [3.05, 3.63) is 35.4 Å². The fourth-order valence-electron chi connectivity index (χ4n) is 3.07. The Morgan fingerprint density at radius 2 is 2.21 bits per heavy atom. The van der Waals surface area contributed by atoms with Crippen molar-refractivity contribution in [2.75, 3.05) is 19.5 Å². The van der Waals surface area contributed by atoms with Crippen molar-refractivity contribution in [2.45, 2.75) is 24.4 Å². The standard InChI is InChI=1S/C17H18N2O8S/c1-9(20)27-7-10-8-28-16-17(25-2,15(24)19(16)13(10)14(22)23)18-12(21)6-11-4-3-5-26-11/h3-5,16H,6-8H2,1-2H3,(H,18,21)(H,22,23)/t16-,17-/m1/s1. The molecule has 0 aliphatic carbocycles. The van der Waals surface area contributed by atoms with Crippen molar-refractivity contribution < 1.29 is 38.2 Å². The van der Waals surface area contributed by atoms with Gasteiger partial charge in [0.1, 0.15) is 23.4 Å². The Balaban J connectivity index is 1.81. The molecule has 0 aromatic carbocycles. The van der Waals surface area contributed by atoms with Crippen LogP contribution in [0.5, 0.6) is 0 Å². The maximum Gasteiger partial charge on any atom is 0.352 e. The minimum absolute atomic E-state index is 0.0951. The van der Waals surface area contributed by atoms with Crippen molar-refractivity contribution >= 4 is 35.5 Å². The number of rotatable bonds is 7. The average Bonchev–Trinajstić information content (AvgIpc) is 3.15. The molecule has 11 heteroatoms. The van der Waals surface area contributed by atoms with E-state index in [1.54, 1.807) is 12.1 Å². The Kier molecular flexibility index (Phi) is 5.47. The molecule has 28 heavy (non-hydrogen) atoms. The highest BCUT2D eigenvalue weighted by Gasteiger charge is 2.66. The number of β-lactam (4-membered cyclic amide) rings is 1. The number of ether oxygens (including phenoxy) is 2. The van der Waals surface area contributed by atoms with Crippen LogP contribution >= 0.6 is 11.8 Å². The number of aliphatic carboxylic acids is 1. The van der Waals surface area contributed by atoms with Gasteiger partial charge in [-0.15, -0.1) is 11.8 Å². The molecule has 0 spiro atoms. The number of hydrogen-bond donors (Lipinski definition) is 2. The molecule has 2 aliphatic heterocycles. The molecular formula is C17H18N2O8S. The number of amides is 2. The number of nitrogens with one attached hydrogen (secondary N) is 1. The van der Waals surface area contributed by atoms with E-state index in [2.05, 4.69) is 5.32 Å². The van der Waals surface area contributed by atoms with Crippen LogP contribution in [0, 0.1) is 0 Å². The highest BCUT2D eigenvalue weighted by atomic mass is 32.2. The fourth-order valence-corrected chi connectivity index (χ4v) is 4.49. The van der Waals surface area contributed by atoms with Crippen molar-refractivity contribution in [3.63, 3.8) is 0 Å². The van der Waals surface area contributed by atoms with E-state index in [0.717, 1.165) is 4.90 Å². The van der Waals surface area contributed by atoms with E-state index in [1.165, 1.54) is 32.1 Å². The lowest BCUT2D eigenvalue weighted by atomic mass is 9.98. The van der Waals surface area contributed by atoms with Crippen LogP contribution in [0.1, 0.15) is 12.7 Å². The summed E-state index contributed by atoms with van der Waals surface area (Å²) in [6.07, 6.45) is 1.33. The van der Waals surface area contributed by atoms with E-state index in [1.807, 2.05) is 0 Å². The molecule has 1 aromatic rings. The van der Waals surface area contributed by atoms with Crippen LogP contribution in [0.3, 0.4) is 0 Å². The molecule has 0 saturated carbocycles. The van der Waals surface area contributed by atoms with Gasteiger partial charge >= 0.3 is 11.9 Å². The minimum Gasteiger partial charge on any atom is -0.477 e. The van der Waals surface area contributed by atoms with Gasteiger partial charge in [-0.3, -0.25) is 19.3 Å². The van der Waals surface area contributed by atoms with Gasteiger partial charge in [-0.2, -0.15) is 0 Å². The lowest BCUT2D eigenvalue weighted by molar-refractivity contribution is -0.192. The second kappa shape index (κ2) is 7.68. The largest absolute Gasteiger partial charge is 0.477 e. The zero-order valence-electron chi connectivity index (χ0n) is 15.1. The monoisotopic (exact) mass is 410 g/mol. The average molecular weight is 410 g/mol. The predicted molar refractivity (Wildman–Crippen MR) is 94.7 cm³/mol. The molecule has 150 valence electrons. The Morgan fingerprint density at radius 3 is 2.79 bits per heavy atom. The molecule has 10 nitrogen and oxygen atoms in total. The first kappa shape index (κ1) is 20.0. The van der Waals surface area contributed by atoms with E-state index in [4.69, 9.17) is 13.9 Å². The maximum atomic E-state index is 12.8. The van der Waals surface area contributed by atoms with Crippen LogP contribution in [0.2, 0.25) is 0 Å². The molecule has 0 bridgehead atoms. The molecule has 2 aliphatic rings. The Bertz CT molecular complexity index is 849. The normalized spacial score (nSPS) is 23.7. The van der Waals surface area contributed by atoms with E-state index in [0.29, 0.717) is 11.3 Å². The van der Waals surface area contributed by atoms with Gasteiger partial charge in [0.2, 0.25) is 5.91 Å². The summed E-state index contributed by atoms with van der Waals surface area (Å²) in [5.41, 5.74) is -1.64. The molecule has 3 rings (SSSR count). The van der Waals surface area contributed by atoms with Crippen LogP contribution in [-0.4, -0.2) is 64.3 Å². The highest BCUT2D eigenvalue weighted by Crippen LogP contribution is 2.46. The molecule has 1 saturated heterocycles. The number of carboxylic acid groups (broad SMARTS) is 1. The third-order valence-electron chi connectivity index (χ3n) is 4.32. The molecular weight excluding hydrogens is 392 g/mol. The number of thioether (sulfide) groups is 1. The number of fused-ring (bicyclic) bond motifs is 1. The van der Waals surface area contributed by atoms with Gasteiger partial charge in [0.05, 0.1) is 12.7 Å². The molecule has 1 fully saturated rings. The summed E-state index contributed by atoms with van der Waals surface area (Å²) in [7, 11) is 1.27. The quantitative estimate of drug-likeness (QED) is 0.364. The summed E-state index contributed by atoms with van der Waals surface area (Å²) >= 11 is 1.21. The number of carbonyl (C=O) groups is 4. The fraction of sp³-hybridized carbons (Fsp3) is 0.412. The van der Waals surface area contributed by atoms with E-state index >= 15 is 0 Å². The molecule has 2 atom stereocenters. The van der Waals surface area contributed by atoms with Crippen LogP contribution in [-0.2, 0) is 35.1 Å².